The van der Waals surface area contributed by atoms with Gasteiger partial charge in [0.05, 0.1) is 12.7 Å². The molecule has 0 bridgehead atoms. The van der Waals surface area contributed by atoms with Gasteiger partial charge in [0.25, 0.3) is 0 Å². The Hall–Kier alpha value is -1.80. The van der Waals surface area contributed by atoms with E-state index in [9.17, 15) is 5.11 Å². The molecule has 2 nitrogen and oxygen atoms in total. The molecular weight excluding hydrogens is 248 g/mol. The zero-order valence-electron chi connectivity index (χ0n) is 12.4. The number of aryl methyl sites for hydroxylation is 2. The third-order valence-corrected chi connectivity index (χ3v) is 3.62. The van der Waals surface area contributed by atoms with E-state index >= 15 is 0 Å². The van der Waals surface area contributed by atoms with Gasteiger partial charge in [0.15, 0.2) is 0 Å². The highest BCUT2D eigenvalue weighted by Crippen LogP contribution is 2.24. The predicted octanol–water partition coefficient (Wildman–Crippen LogP) is 3.98. The number of ether oxygens (including phenoxy) is 1. The van der Waals surface area contributed by atoms with Gasteiger partial charge in [-0.25, -0.2) is 0 Å². The summed E-state index contributed by atoms with van der Waals surface area (Å²) in [5, 5.41) is 10.4. The standard InChI is InChI=1S/C18H22O2/c1-4-20-16-10-8-15(9-11-16)18(19)12-17-13(2)6-5-7-14(17)3/h5-11,18-19H,4,12H2,1-3H3. The summed E-state index contributed by atoms with van der Waals surface area (Å²) in [6.45, 7) is 6.80. The second-order valence-electron chi connectivity index (χ2n) is 5.09. The first-order valence-corrected chi connectivity index (χ1v) is 7.07. The van der Waals surface area contributed by atoms with E-state index in [4.69, 9.17) is 4.74 Å². The van der Waals surface area contributed by atoms with Crippen LogP contribution in [0.3, 0.4) is 0 Å². The Kier molecular flexibility index (Phi) is 4.80. The second-order valence-corrected chi connectivity index (χ2v) is 5.09. The summed E-state index contributed by atoms with van der Waals surface area (Å²) < 4.78 is 5.42. The lowest BCUT2D eigenvalue weighted by Crippen LogP contribution is -2.05. The third kappa shape index (κ3) is 3.40. The highest BCUT2D eigenvalue weighted by molar-refractivity contribution is 5.36. The summed E-state index contributed by atoms with van der Waals surface area (Å²) in [4.78, 5) is 0. The minimum absolute atomic E-state index is 0.481. The molecule has 0 radical (unpaired) electrons. The molecule has 0 fully saturated rings. The van der Waals surface area contributed by atoms with E-state index in [1.165, 1.54) is 16.7 Å². The largest absolute Gasteiger partial charge is 0.494 e. The first-order chi connectivity index (χ1) is 9.61. The van der Waals surface area contributed by atoms with Crippen LogP contribution in [-0.4, -0.2) is 11.7 Å². The zero-order valence-corrected chi connectivity index (χ0v) is 12.4. The molecular formula is C18H22O2. The molecule has 106 valence electrons. The summed E-state index contributed by atoms with van der Waals surface area (Å²) >= 11 is 0. The van der Waals surface area contributed by atoms with E-state index in [2.05, 4.69) is 32.0 Å². The van der Waals surface area contributed by atoms with Crippen LogP contribution in [0.25, 0.3) is 0 Å². The van der Waals surface area contributed by atoms with E-state index < -0.39 is 6.10 Å². The van der Waals surface area contributed by atoms with E-state index in [-0.39, 0.29) is 0 Å². The van der Waals surface area contributed by atoms with Crippen LogP contribution >= 0.6 is 0 Å². The molecule has 1 N–H and O–H groups in total. The van der Waals surface area contributed by atoms with Gasteiger partial charge in [0.2, 0.25) is 0 Å². The van der Waals surface area contributed by atoms with Gasteiger partial charge in [-0.15, -0.1) is 0 Å². The molecule has 2 rings (SSSR count). The van der Waals surface area contributed by atoms with Crippen molar-refractivity contribution in [3.8, 4) is 5.75 Å². The van der Waals surface area contributed by atoms with Gasteiger partial charge in [-0.05, 0) is 55.2 Å². The maximum absolute atomic E-state index is 10.4. The minimum atomic E-state index is -0.481. The molecule has 0 aliphatic heterocycles. The topological polar surface area (TPSA) is 29.5 Å². The Bertz CT molecular complexity index is 538. The summed E-state index contributed by atoms with van der Waals surface area (Å²) in [5.41, 5.74) is 4.62. The molecule has 0 amide bonds. The average Bonchev–Trinajstić information content (AvgIpc) is 2.44. The number of hydrogen-bond acceptors (Lipinski definition) is 2. The van der Waals surface area contributed by atoms with Gasteiger partial charge in [-0.1, -0.05) is 30.3 Å². The van der Waals surface area contributed by atoms with E-state index in [1.54, 1.807) is 0 Å². The fourth-order valence-corrected chi connectivity index (χ4v) is 2.44. The van der Waals surface area contributed by atoms with Crippen molar-refractivity contribution >= 4 is 0 Å². The van der Waals surface area contributed by atoms with Gasteiger partial charge < -0.3 is 9.84 Å². The summed E-state index contributed by atoms with van der Waals surface area (Å²) in [5.74, 6) is 0.843. The van der Waals surface area contributed by atoms with E-state index in [0.717, 1.165) is 11.3 Å². The average molecular weight is 270 g/mol. The Labute approximate surface area is 121 Å². The summed E-state index contributed by atoms with van der Waals surface area (Å²) in [7, 11) is 0. The van der Waals surface area contributed by atoms with Crippen molar-refractivity contribution in [2.75, 3.05) is 6.61 Å². The first-order valence-electron chi connectivity index (χ1n) is 7.07. The Morgan fingerprint density at radius 2 is 1.60 bits per heavy atom. The molecule has 1 atom stereocenters. The maximum atomic E-state index is 10.4. The summed E-state index contributed by atoms with van der Waals surface area (Å²) in [6.07, 6.45) is 0.164. The van der Waals surface area contributed by atoms with Crippen molar-refractivity contribution in [2.24, 2.45) is 0 Å². The van der Waals surface area contributed by atoms with E-state index in [1.807, 2.05) is 31.2 Å². The van der Waals surface area contributed by atoms with Crippen LogP contribution in [0.4, 0.5) is 0 Å². The smallest absolute Gasteiger partial charge is 0.119 e. The van der Waals surface area contributed by atoms with Gasteiger partial charge in [0, 0.05) is 6.42 Å². The van der Waals surface area contributed by atoms with Crippen molar-refractivity contribution in [3.63, 3.8) is 0 Å². The Morgan fingerprint density at radius 3 is 2.15 bits per heavy atom. The normalized spacial score (nSPS) is 12.2. The number of aliphatic hydroxyl groups excluding tert-OH is 1. The predicted molar refractivity (Wildman–Crippen MR) is 82.2 cm³/mol. The molecule has 0 saturated carbocycles. The minimum Gasteiger partial charge on any atom is -0.494 e. The van der Waals surface area contributed by atoms with Crippen LogP contribution in [-0.2, 0) is 6.42 Å². The Morgan fingerprint density at radius 1 is 1.00 bits per heavy atom. The third-order valence-electron chi connectivity index (χ3n) is 3.62. The van der Waals surface area contributed by atoms with Crippen molar-refractivity contribution in [3.05, 3.63) is 64.7 Å². The molecule has 20 heavy (non-hydrogen) atoms. The van der Waals surface area contributed by atoms with Crippen molar-refractivity contribution < 1.29 is 9.84 Å². The van der Waals surface area contributed by atoms with Crippen molar-refractivity contribution in [1.29, 1.82) is 0 Å². The highest BCUT2D eigenvalue weighted by atomic mass is 16.5. The molecule has 2 heteroatoms. The molecule has 2 aromatic carbocycles. The fraction of sp³-hybridized carbons (Fsp3) is 0.333. The van der Waals surface area contributed by atoms with E-state index in [0.29, 0.717) is 13.0 Å². The molecule has 0 aromatic heterocycles. The molecule has 0 saturated heterocycles. The summed E-state index contributed by atoms with van der Waals surface area (Å²) in [6, 6.07) is 13.9. The van der Waals surface area contributed by atoms with Gasteiger partial charge in [0.1, 0.15) is 5.75 Å². The van der Waals surface area contributed by atoms with Crippen molar-refractivity contribution in [2.45, 2.75) is 33.3 Å². The lowest BCUT2D eigenvalue weighted by atomic mass is 9.94. The van der Waals surface area contributed by atoms with Gasteiger partial charge in [-0.3, -0.25) is 0 Å². The van der Waals surface area contributed by atoms with Crippen LogP contribution in [0.1, 0.15) is 35.3 Å². The number of benzene rings is 2. The lowest BCUT2D eigenvalue weighted by molar-refractivity contribution is 0.178. The monoisotopic (exact) mass is 270 g/mol. The molecule has 0 spiro atoms. The van der Waals surface area contributed by atoms with Crippen LogP contribution < -0.4 is 4.74 Å². The molecule has 0 heterocycles. The first kappa shape index (κ1) is 14.6. The number of aliphatic hydroxyl groups is 1. The zero-order chi connectivity index (χ0) is 14.5. The molecule has 2 aromatic rings. The lowest BCUT2D eigenvalue weighted by Gasteiger charge is -2.15. The van der Waals surface area contributed by atoms with Gasteiger partial charge in [-0.2, -0.15) is 0 Å². The SMILES string of the molecule is CCOc1ccc(C(O)Cc2c(C)cccc2C)cc1. The fourth-order valence-electron chi connectivity index (χ4n) is 2.44. The highest BCUT2D eigenvalue weighted by Gasteiger charge is 2.12. The van der Waals surface area contributed by atoms with Crippen molar-refractivity contribution in [1.82, 2.24) is 0 Å². The van der Waals surface area contributed by atoms with Crippen LogP contribution in [0, 0.1) is 13.8 Å². The quantitative estimate of drug-likeness (QED) is 0.890. The molecule has 0 aliphatic rings. The number of hydrogen-bond donors (Lipinski definition) is 1. The van der Waals surface area contributed by atoms with Crippen LogP contribution in [0.5, 0.6) is 5.75 Å². The van der Waals surface area contributed by atoms with Crippen LogP contribution in [0.15, 0.2) is 42.5 Å². The second kappa shape index (κ2) is 6.58. The van der Waals surface area contributed by atoms with Gasteiger partial charge >= 0.3 is 0 Å². The van der Waals surface area contributed by atoms with Crippen LogP contribution in [0.2, 0.25) is 0 Å². The molecule has 0 aliphatic carbocycles. The maximum Gasteiger partial charge on any atom is 0.119 e. The number of rotatable bonds is 5. The Balaban J connectivity index is 2.13. The molecule has 1 unspecified atom stereocenters.